The van der Waals surface area contributed by atoms with Crippen LogP contribution < -0.4 is 4.90 Å². The number of esters is 1. The highest BCUT2D eigenvalue weighted by Crippen LogP contribution is 2.45. The molecule has 7 heteroatoms. The van der Waals surface area contributed by atoms with Crippen molar-refractivity contribution in [3.05, 3.63) is 83.1 Å². The molecule has 0 spiro atoms. The molecule has 0 fully saturated rings. The van der Waals surface area contributed by atoms with Crippen molar-refractivity contribution in [1.29, 1.82) is 0 Å². The molecule has 4 aromatic rings. The molecule has 1 N–H and O–H groups in total. The van der Waals surface area contributed by atoms with E-state index in [4.69, 9.17) is 4.74 Å². The third kappa shape index (κ3) is 3.13. The molecule has 0 aliphatic carbocycles. The number of hydrogen-bond acceptors (Lipinski definition) is 6. The predicted molar refractivity (Wildman–Crippen MR) is 125 cm³/mol. The fraction of sp³-hybridized carbons (Fsp3) is 0.160. The maximum absolute atomic E-state index is 13.3. The Hall–Kier alpha value is -3.71. The Morgan fingerprint density at radius 3 is 2.75 bits per heavy atom. The maximum Gasteiger partial charge on any atom is 0.340 e. The van der Waals surface area contributed by atoms with E-state index in [-0.39, 0.29) is 12.2 Å². The van der Waals surface area contributed by atoms with Gasteiger partial charge in [0, 0.05) is 0 Å². The van der Waals surface area contributed by atoms with E-state index >= 15 is 0 Å². The highest BCUT2D eigenvalue weighted by atomic mass is 32.1. The van der Waals surface area contributed by atoms with Crippen LogP contribution in [0.25, 0.3) is 21.0 Å². The first-order valence-electron chi connectivity index (χ1n) is 10.3. The summed E-state index contributed by atoms with van der Waals surface area (Å²) in [6.45, 7) is 3.81. The fourth-order valence-electron chi connectivity index (χ4n) is 4.13. The Bertz CT molecular complexity index is 1420. The van der Waals surface area contributed by atoms with E-state index in [0.717, 1.165) is 32.1 Å². The lowest BCUT2D eigenvalue weighted by Crippen LogP contribution is -2.31. The van der Waals surface area contributed by atoms with Gasteiger partial charge in [0.15, 0.2) is 10.9 Å². The second-order valence-corrected chi connectivity index (χ2v) is 8.61. The number of benzene rings is 3. The van der Waals surface area contributed by atoms with E-state index in [1.54, 1.807) is 6.92 Å². The number of thiazole rings is 1. The van der Waals surface area contributed by atoms with Crippen molar-refractivity contribution in [2.45, 2.75) is 19.9 Å². The van der Waals surface area contributed by atoms with Crippen molar-refractivity contribution in [2.75, 3.05) is 11.5 Å². The Labute approximate surface area is 188 Å². The minimum atomic E-state index is -0.852. The van der Waals surface area contributed by atoms with Crippen LogP contribution in [-0.2, 0) is 14.3 Å². The molecule has 1 atom stereocenters. The highest BCUT2D eigenvalue weighted by Gasteiger charge is 2.47. The monoisotopic (exact) mass is 444 g/mol. The summed E-state index contributed by atoms with van der Waals surface area (Å²) < 4.78 is 6.14. The third-order valence-electron chi connectivity index (χ3n) is 5.56. The van der Waals surface area contributed by atoms with Gasteiger partial charge in [-0.25, -0.2) is 9.78 Å². The number of rotatable bonds is 4. The van der Waals surface area contributed by atoms with Gasteiger partial charge in [-0.1, -0.05) is 59.9 Å². The number of carbonyl (C=O) groups excluding carboxylic acids is 2. The molecule has 0 saturated carbocycles. The molecule has 1 amide bonds. The lowest BCUT2D eigenvalue weighted by atomic mass is 9.94. The molecule has 1 aliphatic heterocycles. The molecular weight excluding hydrogens is 424 g/mol. The maximum atomic E-state index is 13.3. The molecule has 160 valence electrons. The van der Waals surface area contributed by atoms with Crippen molar-refractivity contribution in [1.82, 2.24) is 4.98 Å². The molecule has 1 unspecified atom stereocenters. The second kappa shape index (κ2) is 7.76. The first-order chi connectivity index (χ1) is 15.5. The molecule has 0 saturated heterocycles. The van der Waals surface area contributed by atoms with Crippen molar-refractivity contribution in [3.8, 4) is 0 Å². The van der Waals surface area contributed by atoms with Gasteiger partial charge in [-0.2, -0.15) is 0 Å². The van der Waals surface area contributed by atoms with E-state index in [0.29, 0.717) is 5.13 Å². The standard InChI is InChI=1S/C25H20N2O4S/c1-3-31-24(30)20-21(17-10-6-8-15-7-4-5-9-16(15)17)27(23(29)22(20)28)25-26-18-12-11-14(2)13-19(18)32-25/h4-13,21,28H,3H2,1-2H3. The zero-order chi connectivity index (χ0) is 22.4. The molecular formula is C25H20N2O4S. The van der Waals surface area contributed by atoms with Gasteiger partial charge in [-0.3, -0.25) is 9.69 Å². The van der Waals surface area contributed by atoms with E-state index in [1.165, 1.54) is 16.2 Å². The Morgan fingerprint density at radius 1 is 1.16 bits per heavy atom. The van der Waals surface area contributed by atoms with Crippen LogP contribution >= 0.6 is 11.3 Å². The Morgan fingerprint density at radius 2 is 1.94 bits per heavy atom. The van der Waals surface area contributed by atoms with Gasteiger partial charge < -0.3 is 9.84 Å². The SMILES string of the molecule is CCOC(=O)C1=C(O)C(=O)N(c2nc3ccc(C)cc3s2)C1c1cccc2ccccc12. The summed E-state index contributed by atoms with van der Waals surface area (Å²) in [6, 6.07) is 18.5. The molecule has 3 aromatic carbocycles. The first-order valence-corrected chi connectivity index (χ1v) is 11.1. The molecule has 6 nitrogen and oxygen atoms in total. The second-order valence-electron chi connectivity index (χ2n) is 7.60. The summed E-state index contributed by atoms with van der Waals surface area (Å²) in [5.41, 5.74) is 2.49. The number of ether oxygens (including phenoxy) is 1. The van der Waals surface area contributed by atoms with Crippen LogP contribution in [-0.4, -0.2) is 28.6 Å². The number of anilines is 1. The first kappa shape index (κ1) is 20.2. The lowest BCUT2D eigenvalue weighted by molar-refractivity contribution is -0.139. The van der Waals surface area contributed by atoms with Crippen molar-refractivity contribution < 1.29 is 19.4 Å². The highest BCUT2D eigenvalue weighted by molar-refractivity contribution is 7.22. The largest absolute Gasteiger partial charge is 0.503 e. The average molecular weight is 445 g/mol. The number of nitrogens with zero attached hydrogens (tertiary/aromatic N) is 2. The smallest absolute Gasteiger partial charge is 0.340 e. The number of aromatic nitrogens is 1. The van der Waals surface area contributed by atoms with Gasteiger partial charge in [-0.15, -0.1) is 0 Å². The molecule has 5 rings (SSSR count). The summed E-state index contributed by atoms with van der Waals surface area (Å²) in [4.78, 5) is 32.2. The van der Waals surface area contributed by atoms with E-state index in [9.17, 15) is 14.7 Å². The quantitative estimate of drug-likeness (QED) is 0.437. The molecule has 2 heterocycles. The lowest BCUT2D eigenvalue weighted by Gasteiger charge is -2.25. The minimum Gasteiger partial charge on any atom is -0.503 e. The number of carbonyl (C=O) groups is 2. The summed E-state index contributed by atoms with van der Waals surface area (Å²) >= 11 is 1.35. The van der Waals surface area contributed by atoms with Crippen molar-refractivity contribution in [2.24, 2.45) is 0 Å². The van der Waals surface area contributed by atoms with Crippen LogP contribution in [0.2, 0.25) is 0 Å². The third-order valence-corrected chi connectivity index (χ3v) is 6.58. The van der Waals surface area contributed by atoms with Crippen LogP contribution in [0, 0.1) is 6.92 Å². The summed E-state index contributed by atoms with van der Waals surface area (Å²) in [5, 5.41) is 13.0. The van der Waals surface area contributed by atoms with Gasteiger partial charge in [-0.05, 0) is 47.9 Å². The zero-order valence-electron chi connectivity index (χ0n) is 17.5. The molecule has 1 aromatic heterocycles. The molecule has 32 heavy (non-hydrogen) atoms. The van der Waals surface area contributed by atoms with Crippen LogP contribution in [0.1, 0.15) is 24.1 Å². The van der Waals surface area contributed by atoms with Crippen LogP contribution in [0.5, 0.6) is 0 Å². The normalized spacial score (nSPS) is 16.4. The predicted octanol–water partition coefficient (Wildman–Crippen LogP) is 5.22. The van der Waals surface area contributed by atoms with Crippen molar-refractivity contribution >= 4 is 49.3 Å². The number of aliphatic hydroxyl groups is 1. The summed E-state index contributed by atoms with van der Waals surface area (Å²) in [5.74, 6) is -1.98. The topological polar surface area (TPSA) is 79.7 Å². The fourth-order valence-corrected chi connectivity index (χ4v) is 5.22. The van der Waals surface area contributed by atoms with Crippen LogP contribution in [0.4, 0.5) is 5.13 Å². The van der Waals surface area contributed by atoms with Crippen LogP contribution in [0.15, 0.2) is 72.0 Å². The molecule has 0 radical (unpaired) electrons. The van der Waals surface area contributed by atoms with Gasteiger partial charge in [0.1, 0.15) is 11.6 Å². The van der Waals surface area contributed by atoms with E-state index in [1.807, 2.05) is 67.6 Å². The average Bonchev–Trinajstić information content (AvgIpc) is 3.31. The minimum absolute atomic E-state index is 0.0661. The molecule has 0 bridgehead atoms. The number of hydrogen-bond donors (Lipinski definition) is 1. The Kier molecular flexibility index (Phi) is 4.90. The van der Waals surface area contributed by atoms with Gasteiger partial charge in [0.25, 0.3) is 5.91 Å². The number of fused-ring (bicyclic) bond motifs is 2. The summed E-state index contributed by atoms with van der Waals surface area (Å²) in [6.07, 6.45) is 0. The van der Waals surface area contributed by atoms with Crippen molar-refractivity contribution in [3.63, 3.8) is 0 Å². The van der Waals surface area contributed by atoms with Crippen LogP contribution in [0.3, 0.4) is 0 Å². The molecule has 1 aliphatic rings. The van der Waals surface area contributed by atoms with Gasteiger partial charge >= 0.3 is 5.97 Å². The number of aliphatic hydroxyl groups excluding tert-OH is 1. The van der Waals surface area contributed by atoms with Gasteiger partial charge in [0.2, 0.25) is 0 Å². The van der Waals surface area contributed by atoms with E-state index in [2.05, 4.69) is 4.98 Å². The summed E-state index contributed by atoms with van der Waals surface area (Å²) in [7, 11) is 0. The zero-order valence-corrected chi connectivity index (χ0v) is 18.3. The van der Waals surface area contributed by atoms with Gasteiger partial charge in [0.05, 0.1) is 16.8 Å². The Balaban J connectivity index is 1.75. The van der Waals surface area contributed by atoms with E-state index < -0.39 is 23.7 Å². The number of amides is 1. The number of aryl methyl sites for hydroxylation is 1.